The summed E-state index contributed by atoms with van der Waals surface area (Å²) >= 11 is 0. The van der Waals surface area contributed by atoms with Crippen molar-refractivity contribution < 1.29 is 18.3 Å². The van der Waals surface area contributed by atoms with Gasteiger partial charge in [0.15, 0.2) is 5.65 Å². The summed E-state index contributed by atoms with van der Waals surface area (Å²) in [5.74, 6) is -0.254. The molecule has 1 aliphatic rings. The van der Waals surface area contributed by atoms with E-state index in [-0.39, 0.29) is 29.8 Å². The lowest BCUT2D eigenvalue weighted by atomic mass is 10.1. The minimum absolute atomic E-state index is 0.0308. The number of halogens is 2. The van der Waals surface area contributed by atoms with Gasteiger partial charge in [-0.1, -0.05) is 30.3 Å². The van der Waals surface area contributed by atoms with Crippen LogP contribution in [0.3, 0.4) is 0 Å². The van der Waals surface area contributed by atoms with E-state index < -0.39 is 6.43 Å². The summed E-state index contributed by atoms with van der Waals surface area (Å²) in [5, 5.41) is 7.44. The van der Waals surface area contributed by atoms with Crippen molar-refractivity contribution in [2.75, 3.05) is 13.2 Å². The highest BCUT2D eigenvalue weighted by molar-refractivity contribution is 5.87. The van der Waals surface area contributed by atoms with Gasteiger partial charge in [0.05, 0.1) is 22.9 Å². The first-order valence-electron chi connectivity index (χ1n) is 9.63. The number of rotatable bonds is 6. The lowest BCUT2D eigenvalue weighted by molar-refractivity contribution is -0.122. The molecule has 152 valence electrons. The molecule has 1 unspecified atom stereocenters. The van der Waals surface area contributed by atoms with Crippen molar-refractivity contribution in [1.29, 1.82) is 0 Å². The molecule has 2 aromatic heterocycles. The fraction of sp³-hybridized carbons (Fsp3) is 0.381. The maximum absolute atomic E-state index is 13.8. The molecule has 1 atom stereocenters. The lowest BCUT2D eigenvalue weighted by Gasteiger charge is -2.11. The molecular formula is C21H22F2N4O2. The lowest BCUT2D eigenvalue weighted by Crippen LogP contribution is -2.34. The zero-order valence-corrected chi connectivity index (χ0v) is 16.1. The van der Waals surface area contributed by atoms with E-state index in [0.29, 0.717) is 29.9 Å². The Morgan fingerprint density at radius 2 is 2.14 bits per heavy atom. The van der Waals surface area contributed by atoms with E-state index in [2.05, 4.69) is 15.4 Å². The molecule has 3 heterocycles. The van der Waals surface area contributed by atoms with Crippen molar-refractivity contribution in [2.45, 2.75) is 38.8 Å². The van der Waals surface area contributed by atoms with Crippen molar-refractivity contribution in [3.63, 3.8) is 0 Å². The van der Waals surface area contributed by atoms with Gasteiger partial charge in [-0.2, -0.15) is 5.10 Å². The van der Waals surface area contributed by atoms with Gasteiger partial charge in [0, 0.05) is 24.3 Å². The largest absolute Gasteiger partial charge is 0.376 e. The summed E-state index contributed by atoms with van der Waals surface area (Å²) < 4.78 is 34.5. The standard InChI is InChI=1S/C21H22F2N4O2/c1-13-19-16(20(22)23)10-17(14-6-3-2-4-7-14)25-21(19)27(26-13)12-18(28)24-11-15-8-5-9-29-15/h2-4,6-7,10,15,20H,5,8-9,11-12H2,1H3,(H,24,28). The Bertz CT molecular complexity index is 1010. The number of aryl methyl sites for hydroxylation is 1. The molecule has 1 amide bonds. The number of fused-ring (bicyclic) bond motifs is 1. The molecule has 1 N–H and O–H groups in total. The fourth-order valence-corrected chi connectivity index (χ4v) is 3.65. The van der Waals surface area contributed by atoms with Gasteiger partial charge in [0.25, 0.3) is 6.43 Å². The third-order valence-corrected chi connectivity index (χ3v) is 5.06. The monoisotopic (exact) mass is 400 g/mol. The van der Waals surface area contributed by atoms with Crippen molar-refractivity contribution in [2.24, 2.45) is 0 Å². The molecule has 8 heteroatoms. The Hall–Kier alpha value is -2.87. The predicted octanol–water partition coefficient (Wildman–Crippen LogP) is 3.64. The quantitative estimate of drug-likeness (QED) is 0.686. The number of hydrogen-bond acceptors (Lipinski definition) is 4. The first-order valence-corrected chi connectivity index (χ1v) is 9.63. The molecule has 0 bridgehead atoms. The summed E-state index contributed by atoms with van der Waals surface area (Å²) in [7, 11) is 0. The van der Waals surface area contributed by atoms with E-state index in [1.54, 1.807) is 6.92 Å². The molecule has 0 spiro atoms. The SMILES string of the molecule is Cc1nn(CC(=O)NCC2CCCO2)c2nc(-c3ccccc3)cc(C(F)F)c12. The van der Waals surface area contributed by atoms with Crippen molar-refractivity contribution >= 4 is 16.9 Å². The summed E-state index contributed by atoms with van der Waals surface area (Å²) in [6, 6.07) is 10.5. The van der Waals surface area contributed by atoms with Crippen LogP contribution >= 0.6 is 0 Å². The molecule has 4 rings (SSSR count). The molecular weight excluding hydrogens is 378 g/mol. The highest BCUT2D eigenvalue weighted by Crippen LogP contribution is 2.32. The molecule has 6 nitrogen and oxygen atoms in total. The third kappa shape index (κ3) is 4.12. The highest BCUT2D eigenvalue weighted by Gasteiger charge is 2.22. The third-order valence-electron chi connectivity index (χ3n) is 5.06. The average Bonchev–Trinajstić information content (AvgIpc) is 3.35. The highest BCUT2D eigenvalue weighted by atomic mass is 19.3. The maximum Gasteiger partial charge on any atom is 0.264 e. The van der Waals surface area contributed by atoms with Gasteiger partial charge in [0.1, 0.15) is 6.54 Å². The Kier molecular flexibility index (Phi) is 5.53. The van der Waals surface area contributed by atoms with Crippen LogP contribution in [0.1, 0.15) is 30.5 Å². The second-order valence-electron chi connectivity index (χ2n) is 7.14. The predicted molar refractivity (Wildman–Crippen MR) is 105 cm³/mol. The Morgan fingerprint density at radius 1 is 1.34 bits per heavy atom. The van der Waals surface area contributed by atoms with Crippen LogP contribution in [0.2, 0.25) is 0 Å². The average molecular weight is 400 g/mol. The van der Waals surface area contributed by atoms with Crippen LogP contribution < -0.4 is 5.32 Å². The summed E-state index contributed by atoms with van der Waals surface area (Å²) in [5.41, 5.74) is 1.73. The second kappa shape index (κ2) is 8.24. The molecule has 3 aromatic rings. The molecule has 0 saturated carbocycles. The van der Waals surface area contributed by atoms with Crippen LogP contribution in [0.5, 0.6) is 0 Å². The van der Waals surface area contributed by atoms with Crippen molar-refractivity contribution in [3.8, 4) is 11.3 Å². The molecule has 29 heavy (non-hydrogen) atoms. The van der Waals surface area contributed by atoms with Crippen LogP contribution in [-0.4, -0.2) is 39.9 Å². The molecule has 1 saturated heterocycles. The summed E-state index contributed by atoms with van der Waals surface area (Å²) in [6.45, 7) is 2.71. The van der Waals surface area contributed by atoms with E-state index in [1.165, 1.54) is 10.7 Å². The molecule has 1 aromatic carbocycles. The summed E-state index contributed by atoms with van der Waals surface area (Å²) in [4.78, 5) is 17.0. The number of nitrogens with one attached hydrogen (secondary N) is 1. The normalized spacial score (nSPS) is 16.6. The van der Waals surface area contributed by atoms with E-state index >= 15 is 0 Å². The smallest absolute Gasteiger partial charge is 0.264 e. The number of benzene rings is 1. The molecule has 1 aliphatic heterocycles. The Morgan fingerprint density at radius 3 is 2.83 bits per heavy atom. The number of aromatic nitrogens is 3. The van der Waals surface area contributed by atoms with Gasteiger partial charge < -0.3 is 10.1 Å². The van der Waals surface area contributed by atoms with Gasteiger partial charge >= 0.3 is 0 Å². The first kappa shape index (κ1) is 19.4. The van der Waals surface area contributed by atoms with Crippen LogP contribution in [0.15, 0.2) is 36.4 Å². The zero-order chi connectivity index (χ0) is 20.4. The van der Waals surface area contributed by atoms with E-state index in [4.69, 9.17) is 4.74 Å². The van der Waals surface area contributed by atoms with E-state index in [1.807, 2.05) is 30.3 Å². The number of carbonyl (C=O) groups excluding carboxylic acids is 1. The van der Waals surface area contributed by atoms with Gasteiger partial charge in [-0.25, -0.2) is 18.4 Å². The molecule has 0 aliphatic carbocycles. The zero-order valence-electron chi connectivity index (χ0n) is 16.1. The minimum Gasteiger partial charge on any atom is -0.376 e. The number of pyridine rings is 1. The van der Waals surface area contributed by atoms with E-state index in [9.17, 15) is 13.6 Å². The molecule has 0 radical (unpaired) electrons. The Labute approximate surface area is 166 Å². The number of amides is 1. The van der Waals surface area contributed by atoms with Gasteiger partial charge in [-0.15, -0.1) is 0 Å². The van der Waals surface area contributed by atoms with Crippen molar-refractivity contribution in [3.05, 3.63) is 47.7 Å². The van der Waals surface area contributed by atoms with Crippen LogP contribution in [0.25, 0.3) is 22.3 Å². The number of carbonyl (C=O) groups is 1. The number of nitrogens with zero attached hydrogens (tertiary/aromatic N) is 3. The van der Waals surface area contributed by atoms with Gasteiger partial charge in [0.2, 0.25) is 5.91 Å². The molecule has 1 fully saturated rings. The van der Waals surface area contributed by atoms with Crippen LogP contribution in [0.4, 0.5) is 8.78 Å². The maximum atomic E-state index is 13.8. The van der Waals surface area contributed by atoms with Gasteiger partial charge in [-0.05, 0) is 25.8 Å². The Balaban J connectivity index is 1.67. The van der Waals surface area contributed by atoms with Crippen LogP contribution in [0, 0.1) is 6.92 Å². The topological polar surface area (TPSA) is 69.0 Å². The first-order chi connectivity index (χ1) is 14.0. The number of hydrogen-bond donors (Lipinski definition) is 1. The van der Waals surface area contributed by atoms with Crippen LogP contribution in [-0.2, 0) is 16.1 Å². The fourth-order valence-electron chi connectivity index (χ4n) is 3.65. The van der Waals surface area contributed by atoms with Gasteiger partial charge in [-0.3, -0.25) is 4.79 Å². The number of ether oxygens (including phenoxy) is 1. The van der Waals surface area contributed by atoms with E-state index in [0.717, 1.165) is 18.4 Å². The number of alkyl halides is 2. The second-order valence-corrected chi connectivity index (χ2v) is 7.14. The minimum atomic E-state index is -2.67. The summed E-state index contributed by atoms with van der Waals surface area (Å²) in [6.07, 6.45) is -0.730. The van der Waals surface area contributed by atoms with Crippen molar-refractivity contribution in [1.82, 2.24) is 20.1 Å².